The minimum absolute atomic E-state index is 0.149. The first-order valence-corrected chi connectivity index (χ1v) is 6.69. The lowest BCUT2D eigenvalue weighted by atomic mass is 9.96. The van der Waals surface area contributed by atoms with Crippen LogP contribution in [0.5, 0.6) is 0 Å². The molecule has 2 aromatic carbocycles. The Bertz CT molecular complexity index is 606. The van der Waals surface area contributed by atoms with Gasteiger partial charge in [0, 0.05) is 4.47 Å². The largest absolute Gasteiger partial charge is 0.416 e. The molecule has 1 nitrogen and oxygen atoms in total. The van der Waals surface area contributed by atoms with Crippen molar-refractivity contribution in [1.82, 2.24) is 0 Å². The van der Waals surface area contributed by atoms with Gasteiger partial charge in [0.1, 0.15) is 6.10 Å². The van der Waals surface area contributed by atoms with E-state index in [2.05, 4.69) is 15.9 Å². The number of aliphatic hydroxyl groups excluding tert-OH is 1. The molecule has 0 heterocycles. The van der Waals surface area contributed by atoms with Gasteiger partial charge in [0.2, 0.25) is 0 Å². The summed E-state index contributed by atoms with van der Waals surface area (Å²) in [5.74, 6) is 0. The molecule has 5 heteroatoms. The highest BCUT2D eigenvalue weighted by Crippen LogP contribution is 2.38. The zero-order valence-electron chi connectivity index (χ0n) is 10.6. The molecule has 1 N–H and O–H groups in total. The van der Waals surface area contributed by atoms with E-state index in [0.29, 0.717) is 10.0 Å². The summed E-state index contributed by atoms with van der Waals surface area (Å²) in [6.45, 7) is 1.87. The Morgan fingerprint density at radius 2 is 1.65 bits per heavy atom. The van der Waals surface area contributed by atoms with Crippen LogP contribution >= 0.6 is 15.9 Å². The molecule has 2 aromatic rings. The van der Waals surface area contributed by atoms with E-state index >= 15 is 0 Å². The number of halogens is 4. The molecule has 0 fully saturated rings. The summed E-state index contributed by atoms with van der Waals surface area (Å²) in [6, 6.07) is 10.5. The third-order valence-electron chi connectivity index (χ3n) is 3.01. The molecule has 0 amide bonds. The summed E-state index contributed by atoms with van der Waals surface area (Å²) in [6.07, 6.45) is -5.81. The van der Waals surface area contributed by atoms with Gasteiger partial charge < -0.3 is 5.11 Å². The van der Waals surface area contributed by atoms with Crippen molar-refractivity contribution in [2.75, 3.05) is 0 Å². The van der Waals surface area contributed by atoms with Crippen LogP contribution in [0, 0.1) is 6.92 Å². The van der Waals surface area contributed by atoms with Gasteiger partial charge in [-0.15, -0.1) is 0 Å². The fourth-order valence-electron chi connectivity index (χ4n) is 1.94. The number of aryl methyl sites for hydroxylation is 1. The van der Waals surface area contributed by atoms with Gasteiger partial charge in [-0.2, -0.15) is 13.2 Å². The van der Waals surface area contributed by atoms with Crippen LogP contribution < -0.4 is 0 Å². The number of hydrogen-bond donors (Lipinski definition) is 1. The molecular weight excluding hydrogens is 333 g/mol. The van der Waals surface area contributed by atoms with Gasteiger partial charge in [0.25, 0.3) is 0 Å². The standard InChI is InChI=1S/C15H12BrF3O/c1-9-2-4-10(5-3-9)14(20)12-7-6-11(16)8-13(12)15(17,18)19/h2-8,14,20H,1H3. The van der Waals surface area contributed by atoms with Crippen LogP contribution in [0.3, 0.4) is 0 Å². The predicted molar refractivity (Wildman–Crippen MR) is 74.4 cm³/mol. The van der Waals surface area contributed by atoms with Crippen LogP contribution in [-0.2, 0) is 6.18 Å². The van der Waals surface area contributed by atoms with E-state index in [1.165, 1.54) is 12.1 Å². The van der Waals surface area contributed by atoms with Crippen molar-refractivity contribution >= 4 is 15.9 Å². The van der Waals surface area contributed by atoms with Gasteiger partial charge in [-0.25, -0.2) is 0 Å². The topological polar surface area (TPSA) is 20.2 Å². The molecule has 1 unspecified atom stereocenters. The lowest BCUT2D eigenvalue weighted by molar-refractivity contribution is -0.139. The first-order valence-electron chi connectivity index (χ1n) is 5.90. The van der Waals surface area contributed by atoms with Crippen molar-refractivity contribution < 1.29 is 18.3 Å². The Hall–Kier alpha value is -1.33. The van der Waals surface area contributed by atoms with Crippen molar-refractivity contribution in [3.05, 3.63) is 69.2 Å². The first-order chi connectivity index (χ1) is 9.29. The lowest BCUT2D eigenvalue weighted by Gasteiger charge is -2.18. The van der Waals surface area contributed by atoms with E-state index in [1.807, 2.05) is 6.92 Å². The Kier molecular flexibility index (Phi) is 4.20. The summed E-state index contributed by atoms with van der Waals surface area (Å²) < 4.78 is 39.4. The maximum Gasteiger partial charge on any atom is 0.416 e. The van der Waals surface area contributed by atoms with Gasteiger partial charge in [0.05, 0.1) is 5.56 Å². The van der Waals surface area contributed by atoms with Gasteiger partial charge in [-0.3, -0.25) is 0 Å². The smallest absolute Gasteiger partial charge is 0.384 e. The SMILES string of the molecule is Cc1ccc(C(O)c2ccc(Br)cc2C(F)(F)F)cc1. The monoisotopic (exact) mass is 344 g/mol. The van der Waals surface area contributed by atoms with Crippen molar-refractivity contribution in [2.45, 2.75) is 19.2 Å². The highest BCUT2D eigenvalue weighted by atomic mass is 79.9. The molecule has 0 aromatic heterocycles. The average molecular weight is 345 g/mol. The number of rotatable bonds is 2. The number of alkyl halides is 3. The van der Waals surface area contributed by atoms with Crippen LogP contribution in [0.4, 0.5) is 13.2 Å². The molecule has 106 valence electrons. The summed E-state index contributed by atoms with van der Waals surface area (Å²) in [5, 5.41) is 10.2. The number of hydrogen-bond acceptors (Lipinski definition) is 1. The van der Waals surface area contributed by atoms with Gasteiger partial charge >= 0.3 is 6.18 Å². The Morgan fingerprint density at radius 3 is 2.20 bits per heavy atom. The lowest BCUT2D eigenvalue weighted by Crippen LogP contribution is -2.12. The Balaban J connectivity index is 2.49. The summed E-state index contributed by atoms with van der Waals surface area (Å²) in [4.78, 5) is 0. The van der Waals surface area contributed by atoms with E-state index in [1.54, 1.807) is 24.3 Å². The summed E-state index contributed by atoms with van der Waals surface area (Å²) in [5.41, 5.74) is 0.431. The van der Waals surface area contributed by atoms with Crippen LogP contribution in [0.2, 0.25) is 0 Å². The van der Waals surface area contributed by atoms with Gasteiger partial charge in [-0.1, -0.05) is 51.8 Å². The van der Waals surface area contributed by atoms with Crippen LogP contribution in [0.25, 0.3) is 0 Å². The van der Waals surface area contributed by atoms with Crippen LogP contribution in [0.1, 0.15) is 28.4 Å². The van der Waals surface area contributed by atoms with E-state index in [4.69, 9.17) is 0 Å². The Morgan fingerprint density at radius 1 is 1.05 bits per heavy atom. The minimum Gasteiger partial charge on any atom is -0.384 e. The van der Waals surface area contributed by atoms with Crippen molar-refractivity contribution in [2.24, 2.45) is 0 Å². The van der Waals surface area contributed by atoms with Crippen LogP contribution in [0.15, 0.2) is 46.9 Å². The average Bonchev–Trinajstić information content (AvgIpc) is 2.38. The quantitative estimate of drug-likeness (QED) is 0.824. The van der Waals surface area contributed by atoms with E-state index in [0.717, 1.165) is 11.6 Å². The first kappa shape index (κ1) is 15.1. The zero-order chi connectivity index (χ0) is 14.9. The molecule has 0 saturated heterocycles. The second-order valence-corrected chi connectivity index (χ2v) is 5.46. The summed E-state index contributed by atoms with van der Waals surface area (Å²) in [7, 11) is 0. The van der Waals surface area contributed by atoms with E-state index in [9.17, 15) is 18.3 Å². The molecule has 0 bridgehead atoms. The predicted octanol–water partition coefficient (Wildman–Crippen LogP) is 4.86. The van der Waals surface area contributed by atoms with E-state index in [-0.39, 0.29) is 5.56 Å². The molecule has 0 aliphatic carbocycles. The highest BCUT2D eigenvalue weighted by Gasteiger charge is 2.35. The maximum atomic E-state index is 13.0. The molecule has 2 rings (SSSR count). The zero-order valence-corrected chi connectivity index (χ0v) is 12.2. The van der Waals surface area contributed by atoms with Crippen molar-refractivity contribution in [1.29, 1.82) is 0 Å². The molecule has 0 aliphatic rings. The molecular formula is C15H12BrF3O. The third-order valence-corrected chi connectivity index (χ3v) is 3.50. The van der Waals surface area contributed by atoms with Crippen molar-refractivity contribution in [3.63, 3.8) is 0 Å². The normalized spacial score (nSPS) is 13.3. The molecule has 0 radical (unpaired) electrons. The molecule has 0 saturated carbocycles. The number of aliphatic hydroxyl groups is 1. The van der Waals surface area contributed by atoms with Crippen molar-refractivity contribution in [3.8, 4) is 0 Å². The van der Waals surface area contributed by atoms with E-state index < -0.39 is 17.8 Å². The summed E-state index contributed by atoms with van der Waals surface area (Å²) >= 11 is 3.02. The molecule has 0 aliphatic heterocycles. The fourth-order valence-corrected chi connectivity index (χ4v) is 2.30. The second kappa shape index (κ2) is 5.58. The van der Waals surface area contributed by atoms with Crippen LogP contribution in [-0.4, -0.2) is 5.11 Å². The third kappa shape index (κ3) is 3.22. The fraction of sp³-hybridized carbons (Fsp3) is 0.200. The molecule has 1 atom stereocenters. The van der Waals surface area contributed by atoms with Gasteiger partial charge in [-0.05, 0) is 30.2 Å². The Labute approximate surface area is 123 Å². The maximum absolute atomic E-state index is 13.0. The molecule has 20 heavy (non-hydrogen) atoms. The van der Waals surface area contributed by atoms with Gasteiger partial charge in [0.15, 0.2) is 0 Å². The second-order valence-electron chi connectivity index (χ2n) is 4.54. The minimum atomic E-state index is -4.51. The number of benzene rings is 2. The molecule has 0 spiro atoms. The highest BCUT2D eigenvalue weighted by molar-refractivity contribution is 9.10.